The first-order valence-corrected chi connectivity index (χ1v) is 9.04. The number of ether oxygens (including phenoxy) is 1. The highest BCUT2D eigenvalue weighted by atomic mass is 32.2. The summed E-state index contributed by atoms with van der Waals surface area (Å²) < 4.78 is 34.2. The molecule has 0 bridgehead atoms. The number of thiophene rings is 1. The first kappa shape index (κ1) is 16.6. The van der Waals surface area contributed by atoms with E-state index in [9.17, 15) is 13.2 Å². The Morgan fingerprint density at radius 2 is 2.23 bits per heavy atom. The molecule has 0 aromatic carbocycles. The average Bonchev–Trinajstić information content (AvgIpc) is 3.04. The third kappa shape index (κ3) is 5.20. The number of aromatic nitrogens is 2. The highest BCUT2D eigenvalue weighted by Crippen LogP contribution is 2.18. The Labute approximate surface area is 131 Å². The second-order valence-corrected chi connectivity index (χ2v) is 7.50. The van der Waals surface area contributed by atoms with E-state index in [1.807, 2.05) is 0 Å². The molecule has 0 fully saturated rings. The molecular weight excluding hydrogens is 330 g/mol. The van der Waals surface area contributed by atoms with E-state index in [0.29, 0.717) is 17.1 Å². The summed E-state index contributed by atoms with van der Waals surface area (Å²) >= 11 is 1.26. The molecule has 0 aliphatic rings. The first-order chi connectivity index (χ1) is 10.3. The fourth-order valence-corrected chi connectivity index (χ4v) is 2.95. The van der Waals surface area contributed by atoms with E-state index in [4.69, 9.17) is 9.26 Å². The van der Waals surface area contributed by atoms with Gasteiger partial charge in [0.1, 0.15) is 4.88 Å². The molecule has 10 heteroatoms. The summed E-state index contributed by atoms with van der Waals surface area (Å²) in [5.41, 5.74) is 0. The molecule has 2 rings (SSSR count). The Morgan fingerprint density at radius 1 is 1.45 bits per heavy atom. The molecule has 0 spiro atoms. The Kier molecular flexibility index (Phi) is 5.27. The second kappa shape index (κ2) is 6.99. The number of nitrogens with zero attached hydrogens (tertiary/aromatic N) is 2. The maximum Gasteiger partial charge on any atom is 0.348 e. The molecule has 8 nitrogen and oxygen atoms in total. The summed E-state index contributed by atoms with van der Waals surface area (Å²) in [7, 11) is -3.20. The summed E-state index contributed by atoms with van der Waals surface area (Å²) in [6, 6.07) is 3.41. The molecular formula is C12H15N3O5S2. The lowest BCUT2D eigenvalue weighted by molar-refractivity contribution is 0.0435. The Hall–Kier alpha value is -1.78. The molecule has 2 aromatic heterocycles. The topological polar surface area (TPSA) is 111 Å². The Balaban J connectivity index is 1.83. The van der Waals surface area contributed by atoms with Crippen molar-refractivity contribution in [1.82, 2.24) is 14.9 Å². The van der Waals surface area contributed by atoms with Crippen molar-refractivity contribution in [3.05, 3.63) is 33.6 Å². The zero-order chi connectivity index (χ0) is 16.2. The Bertz CT molecular complexity index is 750. The molecule has 0 saturated heterocycles. The van der Waals surface area contributed by atoms with Gasteiger partial charge in [-0.15, -0.1) is 11.3 Å². The molecule has 120 valence electrons. The highest BCUT2D eigenvalue weighted by Gasteiger charge is 2.13. The lowest BCUT2D eigenvalue weighted by atomic mass is 10.3. The van der Waals surface area contributed by atoms with E-state index >= 15 is 0 Å². The summed E-state index contributed by atoms with van der Waals surface area (Å²) in [6.07, 6.45) is 1.61. The molecule has 0 saturated carbocycles. The molecule has 22 heavy (non-hydrogen) atoms. The van der Waals surface area contributed by atoms with Crippen LogP contribution in [-0.4, -0.2) is 37.3 Å². The number of aryl methyl sites for hydroxylation is 1. The predicted molar refractivity (Wildman–Crippen MR) is 79.0 cm³/mol. The van der Waals surface area contributed by atoms with E-state index in [-0.39, 0.29) is 19.0 Å². The van der Waals surface area contributed by atoms with E-state index in [1.54, 1.807) is 19.1 Å². The molecule has 0 radical (unpaired) electrons. The number of carbonyl (C=O) groups is 1. The lowest BCUT2D eigenvalue weighted by Crippen LogP contribution is -2.23. The van der Waals surface area contributed by atoms with Crippen LogP contribution in [0.4, 0.5) is 0 Å². The minimum Gasteiger partial charge on any atom is -0.451 e. The van der Waals surface area contributed by atoms with Gasteiger partial charge >= 0.3 is 5.97 Å². The zero-order valence-electron chi connectivity index (χ0n) is 12.0. The molecule has 0 aliphatic carbocycles. The maximum absolute atomic E-state index is 11.9. The number of esters is 1. The fourth-order valence-electron chi connectivity index (χ4n) is 1.58. The van der Waals surface area contributed by atoms with E-state index in [1.165, 1.54) is 11.3 Å². The quantitative estimate of drug-likeness (QED) is 0.742. The monoisotopic (exact) mass is 345 g/mol. The van der Waals surface area contributed by atoms with Gasteiger partial charge in [-0.2, -0.15) is 4.98 Å². The normalized spacial score (nSPS) is 11.5. The average molecular weight is 345 g/mol. The standard InChI is InChI=1S/C12H15N3O5S2/c1-8-14-11(20-15-8)7-19-12(16)10-4-3-9(21-10)5-6-13-22(2,17)18/h3-4,13H,5-7H2,1-2H3. The molecule has 1 N–H and O–H groups in total. The second-order valence-electron chi connectivity index (χ2n) is 4.49. The summed E-state index contributed by atoms with van der Waals surface area (Å²) in [5.74, 6) is 0.228. The number of nitrogens with one attached hydrogen (secondary N) is 1. The molecule has 0 amide bonds. The van der Waals surface area contributed by atoms with Crippen LogP contribution in [0.5, 0.6) is 0 Å². The minimum absolute atomic E-state index is 0.0808. The SMILES string of the molecule is Cc1noc(COC(=O)c2ccc(CCNS(C)(=O)=O)s2)n1. The van der Waals surface area contributed by atoms with E-state index in [2.05, 4.69) is 14.9 Å². The van der Waals surface area contributed by atoms with Gasteiger partial charge in [-0.3, -0.25) is 0 Å². The predicted octanol–water partition coefficient (Wildman–Crippen LogP) is 0.888. The van der Waals surface area contributed by atoms with Crippen LogP contribution in [-0.2, 0) is 27.8 Å². The van der Waals surface area contributed by atoms with Gasteiger partial charge in [0.25, 0.3) is 5.89 Å². The number of rotatable bonds is 7. The van der Waals surface area contributed by atoms with Crippen LogP contribution in [0.2, 0.25) is 0 Å². The van der Waals surface area contributed by atoms with Crippen molar-refractivity contribution in [2.45, 2.75) is 20.0 Å². The molecule has 2 aromatic rings. The van der Waals surface area contributed by atoms with Crippen LogP contribution < -0.4 is 4.72 Å². The smallest absolute Gasteiger partial charge is 0.348 e. The minimum atomic E-state index is -3.20. The van der Waals surface area contributed by atoms with Crippen molar-refractivity contribution in [3.8, 4) is 0 Å². The van der Waals surface area contributed by atoms with Gasteiger partial charge in [0, 0.05) is 11.4 Å². The van der Waals surface area contributed by atoms with Crippen molar-refractivity contribution in [1.29, 1.82) is 0 Å². The number of carbonyl (C=O) groups excluding carboxylic acids is 1. The van der Waals surface area contributed by atoms with Crippen LogP contribution in [0.15, 0.2) is 16.7 Å². The third-order valence-electron chi connectivity index (χ3n) is 2.49. The summed E-state index contributed by atoms with van der Waals surface area (Å²) in [5, 5.41) is 3.59. The number of sulfonamides is 1. The van der Waals surface area contributed by atoms with Gasteiger partial charge in [-0.1, -0.05) is 5.16 Å². The van der Waals surface area contributed by atoms with Gasteiger partial charge in [-0.25, -0.2) is 17.9 Å². The Morgan fingerprint density at radius 3 is 2.86 bits per heavy atom. The highest BCUT2D eigenvalue weighted by molar-refractivity contribution is 7.88. The largest absolute Gasteiger partial charge is 0.451 e. The number of hydrogen-bond donors (Lipinski definition) is 1. The van der Waals surface area contributed by atoms with Crippen LogP contribution in [0, 0.1) is 6.92 Å². The van der Waals surface area contributed by atoms with Gasteiger partial charge in [-0.05, 0) is 25.5 Å². The van der Waals surface area contributed by atoms with Crippen LogP contribution in [0.3, 0.4) is 0 Å². The summed E-state index contributed by atoms with van der Waals surface area (Å²) in [4.78, 5) is 17.1. The number of hydrogen-bond acceptors (Lipinski definition) is 8. The van der Waals surface area contributed by atoms with Crippen LogP contribution in [0.25, 0.3) is 0 Å². The van der Waals surface area contributed by atoms with Gasteiger partial charge < -0.3 is 9.26 Å². The first-order valence-electron chi connectivity index (χ1n) is 6.33. The summed E-state index contributed by atoms with van der Waals surface area (Å²) in [6.45, 7) is 1.88. The van der Waals surface area contributed by atoms with Crippen molar-refractivity contribution in [2.75, 3.05) is 12.8 Å². The fraction of sp³-hybridized carbons (Fsp3) is 0.417. The van der Waals surface area contributed by atoms with Crippen molar-refractivity contribution >= 4 is 27.3 Å². The maximum atomic E-state index is 11.9. The van der Waals surface area contributed by atoms with Crippen LogP contribution >= 0.6 is 11.3 Å². The van der Waals surface area contributed by atoms with Gasteiger partial charge in [0.05, 0.1) is 6.26 Å². The van der Waals surface area contributed by atoms with E-state index in [0.717, 1.165) is 11.1 Å². The lowest BCUT2D eigenvalue weighted by Gasteiger charge is -2.00. The van der Waals surface area contributed by atoms with Crippen molar-refractivity contribution in [3.63, 3.8) is 0 Å². The molecule has 2 heterocycles. The van der Waals surface area contributed by atoms with Gasteiger partial charge in [0.2, 0.25) is 10.0 Å². The molecule has 0 atom stereocenters. The molecule has 0 aliphatic heterocycles. The molecule has 0 unspecified atom stereocenters. The zero-order valence-corrected chi connectivity index (χ0v) is 13.7. The third-order valence-corrected chi connectivity index (χ3v) is 4.35. The van der Waals surface area contributed by atoms with Crippen molar-refractivity contribution < 1.29 is 22.5 Å². The van der Waals surface area contributed by atoms with Gasteiger partial charge in [0.15, 0.2) is 12.4 Å². The van der Waals surface area contributed by atoms with Crippen LogP contribution in [0.1, 0.15) is 26.3 Å². The van der Waals surface area contributed by atoms with E-state index < -0.39 is 16.0 Å². The van der Waals surface area contributed by atoms with Crippen molar-refractivity contribution in [2.24, 2.45) is 0 Å².